The molecule has 0 aliphatic rings. The Labute approximate surface area is 166 Å². The van der Waals surface area contributed by atoms with Crippen molar-refractivity contribution in [1.82, 2.24) is 24.9 Å². The van der Waals surface area contributed by atoms with E-state index in [0.29, 0.717) is 17.5 Å². The summed E-state index contributed by atoms with van der Waals surface area (Å²) in [5.41, 5.74) is 2.55. The molecule has 1 aromatic carbocycles. The summed E-state index contributed by atoms with van der Waals surface area (Å²) in [6.45, 7) is 0. The van der Waals surface area contributed by atoms with Crippen LogP contribution >= 0.6 is 31.9 Å². The van der Waals surface area contributed by atoms with Crippen molar-refractivity contribution < 1.29 is 0 Å². The van der Waals surface area contributed by atoms with Crippen LogP contribution in [0.5, 0.6) is 0 Å². The Kier molecular flexibility index (Phi) is 4.81. The van der Waals surface area contributed by atoms with E-state index in [-0.39, 0.29) is 0 Å². The highest BCUT2D eigenvalue weighted by molar-refractivity contribution is 9.13. The Morgan fingerprint density at radius 2 is 1.12 bits per heavy atom. The zero-order valence-corrected chi connectivity index (χ0v) is 16.5. The zero-order valence-electron chi connectivity index (χ0n) is 13.3. The Morgan fingerprint density at radius 3 is 1.58 bits per heavy atom. The van der Waals surface area contributed by atoms with Gasteiger partial charge in [0.1, 0.15) is 0 Å². The molecule has 26 heavy (non-hydrogen) atoms. The smallest absolute Gasteiger partial charge is 0.165 e. The topological polar surface area (TPSA) is 64.5 Å². The first-order chi connectivity index (χ1) is 12.7. The van der Waals surface area contributed by atoms with Gasteiger partial charge in [0.2, 0.25) is 0 Å². The second-order valence-electron chi connectivity index (χ2n) is 5.42. The van der Waals surface area contributed by atoms with Gasteiger partial charge in [0.05, 0.1) is 0 Å². The highest BCUT2D eigenvalue weighted by Gasteiger charge is 2.13. The highest BCUT2D eigenvalue weighted by Crippen LogP contribution is 2.29. The summed E-state index contributed by atoms with van der Waals surface area (Å²) in [5, 5.41) is 0. The number of aromatic nitrogens is 5. The molecule has 0 bridgehead atoms. The monoisotopic (exact) mass is 467 g/mol. The third kappa shape index (κ3) is 3.54. The summed E-state index contributed by atoms with van der Waals surface area (Å²) >= 11 is 7.02. The number of hydrogen-bond acceptors (Lipinski definition) is 5. The van der Waals surface area contributed by atoms with Crippen LogP contribution in [0.2, 0.25) is 0 Å². The minimum atomic E-state index is 0.570. The highest BCUT2D eigenvalue weighted by atomic mass is 79.9. The van der Waals surface area contributed by atoms with Crippen molar-refractivity contribution >= 4 is 31.9 Å². The van der Waals surface area contributed by atoms with Gasteiger partial charge in [-0.3, -0.25) is 9.97 Å². The van der Waals surface area contributed by atoms with Gasteiger partial charge < -0.3 is 0 Å². The van der Waals surface area contributed by atoms with E-state index in [1.165, 1.54) is 0 Å². The fourth-order valence-electron chi connectivity index (χ4n) is 2.39. The fourth-order valence-corrected chi connectivity index (χ4v) is 3.01. The lowest BCUT2D eigenvalue weighted by Crippen LogP contribution is -2.00. The molecule has 0 aliphatic carbocycles. The van der Waals surface area contributed by atoms with Crippen molar-refractivity contribution in [2.24, 2.45) is 0 Å². The Morgan fingerprint density at radius 1 is 0.577 bits per heavy atom. The number of nitrogens with zero attached hydrogens (tertiary/aromatic N) is 5. The van der Waals surface area contributed by atoms with Crippen LogP contribution < -0.4 is 0 Å². The number of pyridine rings is 2. The van der Waals surface area contributed by atoms with Crippen LogP contribution in [0, 0.1) is 0 Å². The number of benzene rings is 1. The molecule has 0 amide bonds. The predicted molar refractivity (Wildman–Crippen MR) is 107 cm³/mol. The first kappa shape index (κ1) is 16.9. The molecule has 3 aromatic heterocycles. The molecule has 0 N–H and O–H groups in total. The van der Waals surface area contributed by atoms with Gasteiger partial charge in [0.15, 0.2) is 17.5 Å². The van der Waals surface area contributed by atoms with Gasteiger partial charge in [-0.1, -0.05) is 0 Å². The molecule has 0 fully saturated rings. The minimum absolute atomic E-state index is 0.570. The van der Waals surface area contributed by atoms with E-state index < -0.39 is 0 Å². The Balaban J connectivity index is 1.92. The van der Waals surface area contributed by atoms with Crippen LogP contribution in [-0.4, -0.2) is 24.9 Å². The maximum atomic E-state index is 4.65. The fraction of sp³-hybridized carbons (Fsp3) is 0. The molecular formula is C19H11Br2N5. The molecule has 0 aliphatic heterocycles. The zero-order chi connectivity index (χ0) is 17.9. The average molecular weight is 469 g/mol. The standard InChI is InChI=1S/C19H11Br2N5/c20-15-6-5-12(9-16(15)21)17-24-18(13-3-1-7-22-10-13)26-19(25-17)14-4-2-8-23-11-14/h1-11H. The number of halogens is 2. The van der Waals surface area contributed by atoms with Crippen LogP contribution in [0.25, 0.3) is 34.2 Å². The third-order valence-electron chi connectivity index (χ3n) is 3.65. The molecule has 3 heterocycles. The van der Waals surface area contributed by atoms with E-state index in [0.717, 1.165) is 25.6 Å². The van der Waals surface area contributed by atoms with Gasteiger partial charge in [0, 0.05) is 50.4 Å². The summed E-state index contributed by atoms with van der Waals surface area (Å²) in [6, 6.07) is 13.5. The molecule has 0 saturated carbocycles. The van der Waals surface area contributed by atoms with E-state index in [1.54, 1.807) is 24.8 Å². The predicted octanol–water partition coefficient (Wildman–Crippen LogP) is 5.19. The van der Waals surface area contributed by atoms with Crippen LogP contribution in [0.15, 0.2) is 76.2 Å². The van der Waals surface area contributed by atoms with Gasteiger partial charge in [-0.2, -0.15) is 0 Å². The van der Waals surface area contributed by atoms with Crippen molar-refractivity contribution in [3.05, 3.63) is 76.2 Å². The van der Waals surface area contributed by atoms with Crippen molar-refractivity contribution in [3.63, 3.8) is 0 Å². The first-order valence-electron chi connectivity index (χ1n) is 7.73. The normalized spacial score (nSPS) is 10.7. The average Bonchev–Trinajstić information content (AvgIpc) is 2.71. The summed E-state index contributed by atoms with van der Waals surface area (Å²) < 4.78 is 1.90. The third-order valence-corrected chi connectivity index (χ3v) is 5.53. The second-order valence-corrected chi connectivity index (χ2v) is 7.13. The second kappa shape index (κ2) is 7.39. The maximum Gasteiger partial charge on any atom is 0.165 e. The molecule has 7 heteroatoms. The summed E-state index contributed by atoms with van der Waals surface area (Å²) in [4.78, 5) is 22.2. The van der Waals surface area contributed by atoms with Gasteiger partial charge >= 0.3 is 0 Å². The number of hydrogen-bond donors (Lipinski definition) is 0. The van der Waals surface area contributed by atoms with Crippen molar-refractivity contribution in [2.45, 2.75) is 0 Å². The van der Waals surface area contributed by atoms with E-state index in [2.05, 4.69) is 56.8 Å². The summed E-state index contributed by atoms with van der Waals surface area (Å²) in [6.07, 6.45) is 6.92. The van der Waals surface area contributed by atoms with Crippen LogP contribution in [-0.2, 0) is 0 Å². The lowest BCUT2D eigenvalue weighted by molar-refractivity contribution is 1.07. The van der Waals surface area contributed by atoms with E-state index in [9.17, 15) is 0 Å². The summed E-state index contributed by atoms with van der Waals surface area (Å²) in [7, 11) is 0. The van der Waals surface area contributed by atoms with Crippen LogP contribution in [0.4, 0.5) is 0 Å². The van der Waals surface area contributed by atoms with Gasteiger partial charge in [-0.25, -0.2) is 15.0 Å². The number of rotatable bonds is 3. The molecule has 0 unspecified atom stereocenters. The molecule has 5 nitrogen and oxygen atoms in total. The molecule has 126 valence electrons. The molecular weight excluding hydrogens is 458 g/mol. The van der Waals surface area contributed by atoms with Gasteiger partial charge in [-0.05, 0) is 74.3 Å². The van der Waals surface area contributed by atoms with E-state index in [1.807, 2.05) is 42.5 Å². The molecule has 0 atom stereocenters. The van der Waals surface area contributed by atoms with Crippen molar-refractivity contribution in [3.8, 4) is 34.2 Å². The molecule has 0 radical (unpaired) electrons. The lowest BCUT2D eigenvalue weighted by atomic mass is 10.2. The van der Waals surface area contributed by atoms with Crippen molar-refractivity contribution in [2.75, 3.05) is 0 Å². The van der Waals surface area contributed by atoms with Crippen LogP contribution in [0.3, 0.4) is 0 Å². The molecule has 4 rings (SSSR count). The largest absolute Gasteiger partial charge is 0.264 e. The first-order valence-corrected chi connectivity index (χ1v) is 9.31. The molecule has 0 saturated heterocycles. The Hall–Kier alpha value is -2.51. The van der Waals surface area contributed by atoms with Crippen LogP contribution in [0.1, 0.15) is 0 Å². The molecule has 4 aromatic rings. The van der Waals surface area contributed by atoms with Crippen molar-refractivity contribution in [1.29, 1.82) is 0 Å². The SMILES string of the molecule is Brc1ccc(-c2nc(-c3cccnc3)nc(-c3cccnc3)n2)cc1Br. The van der Waals surface area contributed by atoms with E-state index >= 15 is 0 Å². The summed E-state index contributed by atoms with van der Waals surface area (Å²) in [5.74, 6) is 1.73. The van der Waals surface area contributed by atoms with E-state index in [4.69, 9.17) is 0 Å². The molecule has 0 spiro atoms. The van der Waals surface area contributed by atoms with Gasteiger partial charge in [0.25, 0.3) is 0 Å². The lowest BCUT2D eigenvalue weighted by Gasteiger charge is -2.08. The van der Waals surface area contributed by atoms with Gasteiger partial charge in [-0.15, -0.1) is 0 Å². The Bertz CT molecular complexity index is 998. The maximum absolute atomic E-state index is 4.65. The quantitative estimate of drug-likeness (QED) is 0.414. The minimum Gasteiger partial charge on any atom is -0.264 e.